The van der Waals surface area contributed by atoms with Crippen molar-refractivity contribution in [2.24, 2.45) is 0 Å². The Bertz CT molecular complexity index is 1670. The number of halogens is 4. The Morgan fingerprint density at radius 3 is 2.37 bits per heavy atom. The lowest BCUT2D eigenvalue weighted by Crippen LogP contribution is -3.00. The molecule has 1 aromatic heterocycles. The fourth-order valence-corrected chi connectivity index (χ4v) is 5.57. The lowest BCUT2D eigenvalue weighted by Gasteiger charge is -2.18. The summed E-state index contributed by atoms with van der Waals surface area (Å²) in [6, 6.07) is 12.3. The molecule has 0 unspecified atom stereocenters. The van der Waals surface area contributed by atoms with Gasteiger partial charge in [-0.05, 0) is 59.5 Å². The Balaban J connectivity index is 0.00000294. The molecular formula is C26H19ClF3NO6S. The maximum absolute atomic E-state index is 13.0. The van der Waals surface area contributed by atoms with Gasteiger partial charge in [-0.3, -0.25) is 0 Å². The predicted octanol–water partition coefficient (Wildman–Crippen LogP) is 1.88. The van der Waals surface area contributed by atoms with E-state index in [9.17, 15) is 21.6 Å². The Kier molecular flexibility index (Phi) is 6.31. The van der Waals surface area contributed by atoms with Crippen molar-refractivity contribution in [1.29, 1.82) is 0 Å². The molecule has 0 atom stereocenters. The molecule has 38 heavy (non-hydrogen) atoms. The van der Waals surface area contributed by atoms with E-state index in [0.29, 0.717) is 40.9 Å². The fraction of sp³-hybridized carbons (Fsp3) is 0.192. The Labute approximate surface area is 221 Å². The van der Waals surface area contributed by atoms with Crippen LogP contribution in [-0.4, -0.2) is 22.3 Å². The number of hydrogen-bond donors (Lipinski definition) is 0. The van der Waals surface area contributed by atoms with E-state index < -0.39 is 26.8 Å². The summed E-state index contributed by atoms with van der Waals surface area (Å²) in [5, 5.41) is 1.16. The summed E-state index contributed by atoms with van der Waals surface area (Å²) in [6.07, 6.45) is -2.08. The van der Waals surface area contributed by atoms with Gasteiger partial charge in [-0.1, -0.05) is 0 Å². The number of benzene rings is 3. The van der Waals surface area contributed by atoms with Crippen LogP contribution < -0.4 is 35.4 Å². The molecule has 0 amide bonds. The van der Waals surface area contributed by atoms with Crippen molar-refractivity contribution in [1.82, 2.24) is 0 Å². The number of nitrogens with zero attached hydrogens (tertiary/aromatic N) is 1. The SMILES string of the molecule is COc1ccc2cc3[n+](cc2c1OS(=O)(=O)c1ccc(C(F)(F)F)cc1)CCc1cc2c(cc1-3)OCO2.[Cl-]. The standard InChI is InChI=1S/C26H19F3NO6S.ClH/c1-33-22-7-2-15-10-21-19-12-24-23(34-14-35-24)11-16(19)8-9-30(21)13-20(15)25(22)36-37(31,32)18-5-3-17(4-6-18)26(27,28)29;/h2-7,10-13H,8-9,14H2,1H3;1H/q+1;/p-1. The third-order valence-electron chi connectivity index (χ3n) is 6.46. The van der Waals surface area contributed by atoms with Crippen molar-refractivity contribution in [2.75, 3.05) is 13.9 Å². The van der Waals surface area contributed by atoms with Crippen LogP contribution in [0, 0.1) is 0 Å². The van der Waals surface area contributed by atoms with Gasteiger partial charge in [-0.25, -0.2) is 0 Å². The number of rotatable bonds is 4. The van der Waals surface area contributed by atoms with Gasteiger partial charge in [0.05, 0.1) is 23.6 Å². The van der Waals surface area contributed by atoms with Crippen LogP contribution in [0.5, 0.6) is 23.0 Å². The van der Waals surface area contributed by atoms with E-state index >= 15 is 0 Å². The predicted molar refractivity (Wildman–Crippen MR) is 125 cm³/mol. The van der Waals surface area contributed by atoms with E-state index in [4.69, 9.17) is 18.4 Å². The number of ether oxygens (including phenoxy) is 3. The molecule has 0 N–H and O–H groups in total. The largest absolute Gasteiger partial charge is 1.00 e. The van der Waals surface area contributed by atoms with Gasteiger partial charge in [0.25, 0.3) is 0 Å². The van der Waals surface area contributed by atoms with Gasteiger partial charge in [-0.2, -0.15) is 26.2 Å². The van der Waals surface area contributed by atoms with Gasteiger partial charge in [0.15, 0.2) is 35.7 Å². The first kappa shape index (κ1) is 25.9. The molecule has 0 bridgehead atoms. The first-order valence-corrected chi connectivity index (χ1v) is 12.6. The van der Waals surface area contributed by atoms with E-state index in [1.807, 2.05) is 22.8 Å². The average Bonchev–Trinajstić information content (AvgIpc) is 3.33. The summed E-state index contributed by atoms with van der Waals surface area (Å²) in [7, 11) is -3.09. The smallest absolute Gasteiger partial charge is 0.416 e. The van der Waals surface area contributed by atoms with Crippen LogP contribution in [0.4, 0.5) is 13.2 Å². The second kappa shape index (κ2) is 9.25. The highest BCUT2D eigenvalue weighted by Gasteiger charge is 2.32. The Morgan fingerprint density at radius 2 is 1.68 bits per heavy atom. The molecule has 7 nitrogen and oxygen atoms in total. The van der Waals surface area contributed by atoms with Gasteiger partial charge in [0, 0.05) is 12.5 Å². The number of fused-ring (bicyclic) bond motifs is 5. The third-order valence-corrected chi connectivity index (χ3v) is 7.70. The molecule has 0 aliphatic carbocycles. The van der Waals surface area contributed by atoms with E-state index in [2.05, 4.69) is 0 Å². The Hall–Kier alpha value is -3.70. The highest BCUT2D eigenvalue weighted by molar-refractivity contribution is 7.87. The van der Waals surface area contributed by atoms with E-state index in [-0.39, 0.29) is 30.7 Å². The third kappa shape index (κ3) is 4.35. The minimum absolute atomic E-state index is 0. The number of alkyl halides is 3. The molecule has 2 aliphatic heterocycles. The molecule has 12 heteroatoms. The number of methoxy groups -OCH3 is 1. The molecule has 3 aromatic carbocycles. The van der Waals surface area contributed by atoms with Crippen molar-refractivity contribution in [2.45, 2.75) is 24.0 Å². The van der Waals surface area contributed by atoms with Crippen molar-refractivity contribution < 1.29 is 57.0 Å². The van der Waals surface area contributed by atoms with E-state index in [1.54, 1.807) is 18.3 Å². The molecule has 3 heterocycles. The fourth-order valence-electron chi connectivity index (χ4n) is 4.61. The second-order valence-corrected chi connectivity index (χ2v) is 10.2. The Morgan fingerprint density at radius 1 is 0.974 bits per heavy atom. The zero-order valence-electron chi connectivity index (χ0n) is 19.7. The summed E-state index contributed by atoms with van der Waals surface area (Å²) in [5.41, 5.74) is 2.04. The molecule has 0 spiro atoms. The molecular weight excluding hydrogens is 547 g/mol. The number of pyridine rings is 1. The minimum Gasteiger partial charge on any atom is -1.00 e. The van der Waals surface area contributed by atoms with Gasteiger partial charge >= 0.3 is 16.3 Å². The molecule has 0 fully saturated rings. The van der Waals surface area contributed by atoms with Crippen LogP contribution in [-0.2, 0) is 29.3 Å². The number of aryl methyl sites for hydroxylation is 2. The van der Waals surface area contributed by atoms with Crippen LogP contribution in [0.15, 0.2) is 65.7 Å². The van der Waals surface area contributed by atoms with Crippen LogP contribution in [0.2, 0.25) is 0 Å². The van der Waals surface area contributed by atoms with Crippen molar-refractivity contribution >= 4 is 20.9 Å². The number of hydrogen-bond acceptors (Lipinski definition) is 6. The topological polar surface area (TPSA) is 74.9 Å². The zero-order valence-corrected chi connectivity index (χ0v) is 21.3. The molecule has 0 saturated heterocycles. The quantitative estimate of drug-likeness (QED) is 0.278. The number of aromatic nitrogens is 1. The van der Waals surface area contributed by atoms with Crippen LogP contribution in [0.1, 0.15) is 11.1 Å². The summed E-state index contributed by atoms with van der Waals surface area (Å²) in [6.45, 7) is 0.796. The maximum Gasteiger partial charge on any atom is 0.416 e. The van der Waals surface area contributed by atoms with Crippen LogP contribution in [0.3, 0.4) is 0 Å². The first-order chi connectivity index (χ1) is 17.6. The lowest BCUT2D eigenvalue weighted by molar-refractivity contribution is -0.686. The molecule has 4 aromatic rings. The zero-order chi connectivity index (χ0) is 25.9. The molecule has 0 saturated carbocycles. The van der Waals surface area contributed by atoms with E-state index in [0.717, 1.165) is 35.4 Å². The maximum atomic E-state index is 13.0. The minimum atomic E-state index is -4.59. The molecule has 198 valence electrons. The normalized spacial score (nSPS) is 13.9. The highest BCUT2D eigenvalue weighted by Crippen LogP contribution is 2.42. The molecule has 6 rings (SSSR count). The van der Waals surface area contributed by atoms with Crippen LogP contribution in [0.25, 0.3) is 22.0 Å². The highest BCUT2D eigenvalue weighted by atomic mass is 35.5. The van der Waals surface area contributed by atoms with Gasteiger partial charge in [0.1, 0.15) is 4.90 Å². The van der Waals surface area contributed by atoms with Crippen molar-refractivity contribution in [3.05, 3.63) is 71.9 Å². The summed E-state index contributed by atoms with van der Waals surface area (Å²) in [4.78, 5) is -0.407. The lowest BCUT2D eigenvalue weighted by atomic mass is 9.95. The summed E-state index contributed by atoms with van der Waals surface area (Å²) in [5.74, 6) is 1.49. The second-order valence-electron chi connectivity index (χ2n) is 8.62. The summed E-state index contributed by atoms with van der Waals surface area (Å²) < 4.78 is 88.7. The first-order valence-electron chi connectivity index (χ1n) is 11.2. The van der Waals surface area contributed by atoms with E-state index in [1.165, 1.54) is 7.11 Å². The summed E-state index contributed by atoms with van der Waals surface area (Å²) >= 11 is 0. The monoisotopic (exact) mass is 565 g/mol. The molecule has 2 aliphatic rings. The van der Waals surface area contributed by atoms with Crippen LogP contribution >= 0.6 is 0 Å². The van der Waals surface area contributed by atoms with Crippen molar-refractivity contribution in [3.8, 4) is 34.3 Å². The van der Waals surface area contributed by atoms with Crippen molar-refractivity contribution in [3.63, 3.8) is 0 Å². The molecule has 0 radical (unpaired) electrons. The van der Waals surface area contributed by atoms with Gasteiger partial charge < -0.3 is 30.8 Å². The van der Waals surface area contributed by atoms with Gasteiger partial charge in [0.2, 0.25) is 12.5 Å². The van der Waals surface area contributed by atoms with Gasteiger partial charge in [-0.15, -0.1) is 0 Å². The average molecular weight is 566 g/mol.